The molecule has 0 heterocycles. The average molecular weight is 164 g/mol. The Hall–Kier alpha value is -1.11. The summed E-state index contributed by atoms with van der Waals surface area (Å²) in [7, 11) is 0. The summed E-state index contributed by atoms with van der Waals surface area (Å²) in [5.74, 6) is -0.172. The van der Waals surface area contributed by atoms with Crippen LogP contribution in [0.2, 0.25) is 0 Å². The zero-order chi connectivity index (χ0) is 8.97. The molecule has 0 spiro atoms. The van der Waals surface area contributed by atoms with Crippen LogP contribution < -0.4 is 0 Å². The van der Waals surface area contributed by atoms with Crippen LogP contribution in [0.1, 0.15) is 18.9 Å². The molecule has 1 aromatic carbocycles. The predicted molar refractivity (Wildman–Crippen MR) is 49.5 cm³/mol. The molecule has 0 fully saturated rings. The summed E-state index contributed by atoms with van der Waals surface area (Å²) >= 11 is 0. The lowest BCUT2D eigenvalue weighted by Crippen LogP contribution is -1.85. The SMILES string of the molecule is C=C(C)CCc1ccc(F)cc1. The first-order valence-electron chi connectivity index (χ1n) is 4.07. The van der Waals surface area contributed by atoms with Gasteiger partial charge in [0.15, 0.2) is 0 Å². The van der Waals surface area contributed by atoms with Crippen LogP contribution in [-0.4, -0.2) is 0 Å². The van der Waals surface area contributed by atoms with Gasteiger partial charge in [0.2, 0.25) is 0 Å². The van der Waals surface area contributed by atoms with E-state index in [-0.39, 0.29) is 5.82 Å². The number of hydrogen-bond donors (Lipinski definition) is 0. The van der Waals surface area contributed by atoms with E-state index in [0.717, 1.165) is 12.8 Å². The molecule has 0 nitrogen and oxygen atoms in total. The molecular weight excluding hydrogens is 151 g/mol. The number of benzene rings is 1. The van der Waals surface area contributed by atoms with Gasteiger partial charge >= 0.3 is 0 Å². The van der Waals surface area contributed by atoms with Crippen LogP contribution in [0.3, 0.4) is 0 Å². The molecule has 1 rings (SSSR count). The zero-order valence-corrected chi connectivity index (χ0v) is 7.31. The number of rotatable bonds is 3. The van der Waals surface area contributed by atoms with E-state index in [4.69, 9.17) is 0 Å². The van der Waals surface area contributed by atoms with Crippen LogP contribution in [0.25, 0.3) is 0 Å². The molecule has 0 unspecified atom stereocenters. The quantitative estimate of drug-likeness (QED) is 0.601. The molecule has 0 aliphatic rings. The molecule has 0 saturated carbocycles. The molecular formula is C11H13F. The van der Waals surface area contributed by atoms with Gasteiger partial charge in [-0.2, -0.15) is 0 Å². The van der Waals surface area contributed by atoms with Gasteiger partial charge in [0.25, 0.3) is 0 Å². The Labute approximate surface area is 72.7 Å². The summed E-state index contributed by atoms with van der Waals surface area (Å²) in [6.45, 7) is 5.82. The van der Waals surface area contributed by atoms with Crippen LogP contribution in [0, 0.1) is 5.82 Å². The van der Waals surface area contributed by atoms with Crippen LogP contribution in [-0.2, 0) is 6.42 Å². The first kappa shape index (κ1) is 8.98. The second-order valence-electron chi connectivity index (χ2n) is 3.08. The molecule has 0 radical (unpaired) electrons. The van der Waals surface area contributed by atoms with Gasteiger partial charge in [0, 0.05) is 0 Å². The second kappa shape index (κ2) is 4.05. The third-order valence-electron chi connectivity index (χ3n) is 1.75. The predicted octanol–water partition coefficient (Wildman–Crippen LogP) is 3.33. The highest BCUT2D eigenvalue weighted by atomic mass is 19.1. The Morgan fingerprint density at radius 3 is 2.42 bits per heavy atom. The van der Waals surface area contributed by atoms with E-state index in [1.165, 1.54) is 23.3 Å². The summed E-state index contributed by atoms with van der Waals surface area (Å²) in [4.78, 5) is 0. The standard InChI is InChI=1S/C11H13F/c1-9(2)3-4-10-5-7-11(12)8-6-10/h5-8H,1,3-4H2,2H3. The van der Waals surface area contributed by atoms with E-state index in [1.54, 1.807) is 0 Å². The molecule has 0 bridgehead atoms. The lowest BCUT2D eigenvalue weighted by molar-refractivity contribution is 0.627. The van der Waals surface area contributed by atoms with Crippen LogP contribution in [0.15, 0.2) is 36.4 Å². The Morgan fingerprint density at radius 1 is 1.33 bits per heavy atom. The Kier molecular flexibility index (Phi) is 3.03. The highest BCUT2D eigenvalue weighted by molar-refractivity contribution is 5.17. The molecule has 64 valence electrons. The smallest absolute Gasteiger partial charge is 0.123 e. The normalized spacial score (nSPS) is 9.83. The van der Waals surface area contributed by atoms with E-state index in [0.29, 0.717) is 0 Å². The van der Waals surface area contributed by atoms with Crippen molar-refractivity contribution in [3.8, 4) is 0 Å². The van der Waals surface area contributed by atoms with Crippen LogP contribution in [0.4, 0.5) is 4.39 Å². The minimum atomic E-state index is -0.172. The minimum absolute atomic E-state index is 0.172. The van der Waals surface area contributed by atoms with Gasteiger partial charge in [0.05, 0.1) is 0 Å². The molecule has 1 aromatic rings. The Bertz CT molecular complexity index is 259. The summed E-state index contributed by atoms with van der Waals surface area (Å²) in [5, 5.41) is 0. The van der Waals surface area contributed by atoms with Gasteiger partial charge in [-0.1, -0.05) is 17.7 Å². The van der Waals surface area contributed by atoms with Crippen molar-refractivity contribution in [2.45, 2.75) is 19.8 Å². The van der Waals surface area contributed by atoms with Gasteiger partial charge in [0.1, 0.15) is 5.82 Å². The lowest BCUT2D eigenvalue weighted by atomic mass is 10.1. The summed E-state index contributed by atoms with van der Waals surface area (Å²) < 4.78 is 12.5. The molecule has 0 amide bonds. The zero-order valence-electron chi connectivity index (χ0n) is 7.31. The maximum Gasteiger partial charge on any atom is 0.123 e. The topological polar surface area (TPSA) is 0 Å². The van der Waals surface area contributed by atoms with E-state index in [9.17, 15) is 4.39 Å². The number of aryl methyl sites for hydroxylation is 1. The molecule has 12 heavy (non-hydrogen) atoms. The third-order valence-corrected chi connectivity index (χ3v) is 1.75. The summed E-state index contributed by atoms with van der Waals surface area (Å²) in [6, 6.07) is 6.62. The van der Waals surface area contributed by atoms with E-state index >= 15 is 0 Å². The fourth-order valence-electron chi connectivity index (χ4n) is 1.01. The summed E-state index contributed by atoms with van der Waals surface area (Å²) in [6.07, 6.45) is 1.93. The molecule has 0 aliphatic carbocycles. The Balaban J connectivity index is 2.53. The van der Waals surface area contributed by atoms with Crippen molar-refractivity contribution in [1.82, 2.24) is 0 Å². The van der Waals surface area contributed by atoms with E-state index < -0.39 is 0 Å². The van der Waals surface area contributed by atoms with Crippen molar-refractivity contribution in [2.75, 3.05) is 0 Å². The molecule has 0 saturated heterocycles. The van der Waals surface area contributed by atoms with Crippen LogP contribution in [0.5, 0.6) is 0 Å². The molecule has 0 N–H and O–H groups in total. The van der Waals surface area contributed by atoms with Crippen LogP contribution >= 0.6 is 0 Å². The van der Waals surface area contributed by atoms with Crippen molar-refractivity contribution >= 4 is 0 Å². The highest BCUT2D eigenvalue weighted by Crippen LogP contribution is 2.08. The molecule has 1 heteroatoms. The Morgan fingerprint density at radius 2 is 1.92 bits per heavy atom. The molecule has 0 atom stereocenters. The fourth-order valence-corrected chi connectivity index (χ4v) is 1.01. The average Bonchev–Trinajstić information content (AvgIpc) is 2.03. The number of allylic oxidation sites excluding steroid dienone is 1. The van der Waals surface area contributed by atoms with Crippen molar-refractivity contribution in [1.29, 1.82) is 0 Å². The van der Waals surface area contributed by atoms with E-state index in [1.807, 2.05) is 19.1 Å². The van der Waals surface area contributed by atoms with E-state index in [2.05, 4.69) is 6.58 Å². The van der Waals surface area contributed by atoms with Crippen molar-refractivity contribution < 1.29 is 4.39 Å². The first-order chi connectivity index (χ1) is 5.68. The third kappa shape index (κ3) is 2.87. The number of hydrogen-bond acceptors (Lipinski definition) is 0. The maximum absolute atomic E-state index is 12.5. The van der Waals surface area contributed by atoms with Gasteiger partial charge in [-0.05, 0) is 37.5 Å². The monoisotopic (exact) mass is 164 g/mol. The van der Waals surface area contributed by atoms with Gasteiger partial charge in [-0.3, -0.25) is 0 Å². The fraction of sp³-hybridized carbons (Fsp3) is 0.273. The van der Waals surface area contributed by atoms with Crippen molar-refractivity contribution in [3.63, 3.8) is 0 Å². The van der Waals surface area contributed by atoms with Gasteiger partial charge in [-0.15, -0.1) is 6.58 Å². The van der Waals surface area contributed by atoms with Gasteiger partial charge < -0.3 is 0 Å². The minimum Gasteiger partial charge on any atom is -0.207 e. The molecule has 0 aliphatic heterocycles. The van der Waals surface area contributed by atoms with Crippen molar-refractivity contribution in [3.05, 3.63) is 47.8 Å². The maximum atomic E-state index is 12.5. The summed E-state index contributed by atoms with van der Waals surface area (Å²) in [5.41, 5.74) is 2.33. The van der Waals surface area contributed by atoms with Gasteiger partial charge in [-0.25, -0.2) is 4.39 Å². The van der Waals surface area contributed by atoms with Crippen molar-refractivity contribution in [2.24, 2.45) is 0 Å². The first-order valence-corrected chi connectivity index (χ1v) is 4.07. The highest BCUT2D eigenvalue weighted by Gasteiger charge is 1.93. The number of halogens is 1. The largest absolute Gasteiger partial charge is 0.207 e. The molecule has 0 aromatic heterocycles. The second-order valence-corrected chi connectivity index (χ2v) is 3.08. The lowest BCUT2D eigenvalue weighted by Gasteiger charge is -1.99.